The number of hydrogen-bond donors (Lipinski definition) is 1. The number of nitrogens with one attached hydrogen (secondary N) is 1. The lowest BCUT2D eigenvalue weighted by Crippen LogP contribution is -2.43. The molecule has 0 aliphatic carbocycles. The average molecular weight is 223 g/mol. The molecule has 0 spiro atoms. The summed E-state index contributed by atoms with van der Waals surface area (Å²) in [6.07, 6.45) is 0.696. The van der Waals surface area contributed by atoms with E-state index in [-0.39, 0.29) is 12.3 Å². The first-order chi connectivity index (χ1) is 7.81. The Morgan fingerprint density at radius 1 is 1.12 bits per heavy atom. The van der Waals surface area contributed by atoms with Gasteiger partial charge in [-0.25, -0.2) is 0 Å². The van der Waals surface area contributed by atoms with E-state index in [1.165, 1.54) is 5.56 Å². The molecular weight excluding hydrogens is 202 g/mol. The molecule has 1 N–H and O–H groups in total. The summed E-state index contributed by atoms with van der Waals surface area (Å²) in [5.41, 5.74) is 1.28. The predicted octanol–water partition coefficient (Wildman–Crippen LogP) is 1.83. The maximum absolute atomic E-state index is 5.30. The quantitative estimate of drug-likeness (QED) is 0.715. The largest absolute Gasteiger partial charge is 0.354 e. The van der Waals surface area contributed by atoms with Gasteiger partial charge in [0.15, 0.2) is 6.29 Å². The van der Waals surface area contributed by atoms with E-state index < -0.39 is 0 Å². The molecule has 0 bridgehead atoms. The van der Waals surface area contributed by atoms with E-state index in [1.807, 2.05) is 18.2 Å². The van der Waals surface area contributed by atoms with Crippen LogP contribution in [-0.4, -0.2) is 33.1 Å². The zero-order chi connectivity index (χ0) is 11.8. The first-order valence-electron chi connectivity index (χ1n) is 5.64. The summed E-state index contributed by atoms with van der Waals surface area (Å²) >= 11 is 0. The molecule has 0 aliphatic rings. The maximum Gasteiger partial charge on any atom is 0.172 e. The monoisotopic (exact) mass is 223 g/mol. The second kappa shape index (κ2) is 7.39. The Morgan fingerprint density at radius 2 is 1.75 bits per heavy atom. The van der Waals surface area contributed by atoms with Gasteiger partial charge in [0.05, 0.1) is 6.04 Å². The SMILES string of the molecule is CCNC(Cc1ccccc1)C(OC)OC. The number of rotatable bonds is 7. The predicted molar refractivity (Wildman–Crippen MR) is 65.4 cm³/mol. The smallest absolute Gasteiger partial charge is 0.172 e. The summed E-state index contributed by atoms with van der Waals surface area (Å²) in [5, 5.41) is 3.38. The van der Waals surface area contributed by atoms with Gasteiger partial charge < -0.3 is 14.8 Å². The van der Waals surface area contributed by atoms with Gasteiger partial charge in [0.1, 0.15) is 0 Å². The fraction of sp³-hybridized carbons (Fsp3) is 0.538. The molecule has 1 unspecified atom stereocenters. The molecule has 0 amide bonds. The first kappa shape index (κ1) is 13.2. The Morgan fingerprint density at radius 3 is 2.25 bits per heavy atom. The summed E-state index contributed by atoms with van der Waals surface area (Å²) in [4.78, 5) is 0. The van der Waals surface area contributed by atoms with Gasteiger partial charge >= 0.3 is 0 Å². The van der Waals surface area contributed by atoms with Crippen LogP contribution in [0.15, 0.2) is 30.3 Å². The van der Waals surface area contributed by atoms with Crippen LogP contribution in [0.2, 0.25) is 0 Å². The number of likely N-dealkylation sites (N-methyl/N-ethyl adjacent to an activating group) is 1. The van der Waals surface area contributed by atoms with Crippen molar-refractivity contribution in [2.45, 2.75) is 25.7 Å². The highest BCUT2D eigenvalue weighted by atomic mass is 16.7. The number of benzene rings is 1. The molecule has 1 rings (SSSR count). The van der Waals surface area contributed by atoms with E-state index in [0.29, 0.717) is 0 Å². The molecule has 0 aliphatic heterocycles. The topological polar surface area (TPSA) is 30.5 Å². The van der Waals surface area contributed by atoms with E-state index in [9.17, 15) is 0 Å². The Hall–Kier alpha value is -0.900. The van der Waals surface area contributed by atoms with Crippen LogP contribution < -0.4 is 5.32 Å². The Labute approximate surface area is 97.8 Å². The normalized spacial score (nSPS) is 13.0. The minimum atomic E-state index is -0.208. The third-order valence-electron chi connectivity index (χ3n) is 2.56. The Kier molecular flexibility index (Phi) is 6.08. The van der Waals surface area contributed by atoms with Crippen molar-refractivity contribution in [3.05, 3.63) is 35.9 Å². The number of hydrogen-bond acceptors (Lipinski definition) is 3. The molecule has 3 nitrogen and oxygen atoms in total. The van der Waals surface area contributed by atoms with Crippen LogP contribution in [-0.2, 0) is 15.9 Å². The molecular formula is C13H21NO2. The summed E-state index contributed by atoms with van der Waals surface area (Å²) in [6.45, 7) is 2.99. The van der Waals surface area contributed by atoms with Crippen molar-refractivity contribution in [1.82, 2.24) is 5.32 Å². The second-order valence-electron chi connectivity index (χ2n) is 3.69. The molecule has 0 saturated heterocycles. The third-order valence-corrected chi connectivity index (χ3v) is 2.56. The van der Waals surface area contributed by atoms with E-state index in [4.69, 9.17) is 9.47 Å². The highest BCUT2D eigenvalue weighted by molar-refractivity contribution is 5.16. The van der Waals surface area contributed by atoms with Crippen molar-refractivity contribution < 1.29 is 9.47 Å². The molecule has 0 heterocycles. The zero-order valence-corrected chi connectivity index (χ0v) is 10.3. The summed E-state index contributed by atoms with van der Waals surface area (Å²) < 4.78 is 10.6. The average Bonchev–Trinajstić information content (AvgIpc) is 2.32. The van der Waals surface area contributed by atoms with Crippen LogP contribution in [0.3, 0.4) is 0 Å². The molecule has 1 aromatic carbocycles. The third kappa shape index (κ3) is 3.93. The Balaban J connectivity index is 2.63. The van der Waals surface area contributed by atoms with Gasteiger partial charge in [-0.2, -0.15) is 0 Å². The molecule has 0 saturated carbocycles. The van der Waals surface area contributed by atoms with E-state index >= 15 is 0 Å². The van der Waals surface area contributed by atoms with Crippen LogP contribution in [0.25, 0.3) is 0 Å². The summed E-state index contributed by atoms with van der Waals surface area (Å²) in [6, 6.07) is 10.5. The molecule has 0 radical (unpaired) electrons. The highest BCUT2D eigenvalue weighted by Gasteiger charge is 2.19. The minimum absolute atomic E-state index is 0.183. The van der Waals surface area contributed by atoms with Crippen LogP contribution in [0.4, 0.5) is 0 Å². The van der Waals surface area contributed by atoms with Crippen LogP contribution in [0, 0.1) is 0 Å². The lowest BCUT2D eigenvalue weighted by Gasteiger charge is -2.25. The van der Waals surface area contributed by atoms with E-state index in [2.05, 4.69) is 24.4 Å². The molecule has 0 fully saturated rings. The molecule has 1 aromatic rings. The van der Waals surface area contributed by atoms with Gasteiger partial charge in [0.2, 0.25) is 0 Å². The zero-order valence-electron chi connectivity index (χ0n) is 10.3. The number of methoxy groups -OCH3 is 2. The van der Waals surface area contributed by atoms with Crippen LogP contribution in [0.5, 0.6) is 0 Å². The lowest BCUT2D eigenvalue weighted by atomic mass is 10.1. The molecule has 1 atom stereocenters. The fourth-order valence-corrected chi connectivity index (χ4v) is 1.82. The maximum atomic E-state index is 5.30. The van der Waals surface area contributed by atoms with Crippen molar-refractivity contribution in [1.29, 1.82) is 0 Å². The van der Waals surface area contributed by atoms with Crippen molar-refractivity contribution in [3.8, 4) is 0 Å². The Bertz CT molecular complexity index is 273. The van der Waals surface area contributed by atoms with Crippen molar-refractivity contribution in [3.63, 3.8) is 0 Å². The van der Waals surface area contributed by atoms with E-state index in [1.54, 1.807) is 14.2 Å². The minimum Gasteiger partial charge on any atom is -0.354 e. The molecule has 0 aromatic heterocycles. The number of ether oxygens (including phenoxy) is 2. The highest BCUT2D eigenvalue weighted by Crippen LogP contribution is 2.08. The standard InChI is InChI=1S/C13H21NO2/c1-4-14-12(13(15-2)16-3)10-11-8-6-5-7-9-11/h5-9,12-14H,4,10H2,1-3H3. The van der Waals surface area contributed by atoms with Gasteiger partial charge in [0, 0.05) is 14.2 Å². The van der Waals surface area contributed by atoms with Gasteiger partial charge in [-0.3, -0.25) is 0 Å². The molecule has 90 valence electrons. The fourth-order valence-electron chi connectivity index (χ4n) is 1.82. The molecule has 3 heteroatoms. The van der Waals surface area contributed by atoms with Gasteiger partial charge in [0.25, 0.3) is 0 Å². The van der Waals surface area contributed by atoms with Gasteiger partial charge in [-0.15, -0.1) is 0 Å². The lowest BCUT2D eigenvalue weighted by molar-refractivity contribution is -0.122. The summed E-state index contributed by atoms with van der Waals surface area (Å²) in [7, 11) is 3.34. The van der Waals surface area contributed by atoms with Gasteiger partial charge in [-0.1, -0.05) is 37.3 Å². The van der Waals surface area contributed by atoms with Crippen molar-refractivity contribution >= 4 is 0 Å². The van der Waals surface area contributed by atoms with Crippen LogP contribution >= 0.6 is 0 Å². The van der Waals surface area contributed by atoms with Crippen LogP contribution in [0.1, 0.15) is 12.5 Å². The summed E-state index contributed by atoms with van der Waals surface area (Å²) in [5.74, 6) is 0. The first-order valence-corrected chi connectivity index (χ1v) is 5.64. The van der Waals surface area contributed by atoms with Gasteiger partial charge in [-0.05, 0) is 18.5 Å². The second-order valence-corrected chi connectivity index (χ2v) is 3.69. The molecule has 16 heavy (non-hydrogen) atoms. The van der Waals surface area contributed by atoms with Crippen molar-refractivity contribution in [2.24, 2.45) is 0 Å². The van der Waals surface area contributed by atoms with E-state index in [0.717, 1.165) is 13.0 Å². The van der Waals surface area contributed by atoms with Crippen molar-refractivity contribution in [2.75, 3.05) is 20.8 Å².